The predicted octanol–water partition coefficient (Wildman–Crippen LogP) is 13.0. The van der Waals surface area contributed by atoms with E-state index in [1.807, 2.05) is 17.5 Å². The molecule has 6 aromatic carbocycles. The Labute approximate surface area is 294 Å². The van der Waals surface area contributed by atoms with Gasteiger partial charge >= 0.3 is 0 Å². The molecule has 0 radical (unpaired) electrons. The summed E-state index contributed by atoms with van der Waals surface area (Å²) in [4.78, 5) is 4.97. The molecule has 50 heavy (non-hydrogen) atoms. The Hall–Kier alpha value is -6.03. The van der Waals surface area contributed by atoms with Crippen molar-refractivity contribution >= 4 is 58.9 Å². The van der Waals surface area contributed by atoms with E-state index in [1.54, 1.807) is 0 Å². The van der Waals surface area contributed by atoms with E-state index < -0.39 is 0 Å². The van der Waals surface area contributed by atoms with Crippen LogP contribution in [-0.2, 0) is 0 Å². The quantitative estimate of drug-likeness (QED) is 0.180. The van der Waals surface area contributed by atoms with Gasteiger partial charge in [-0.1, -0.05) is 140 Å². The highest BCUT2D eigenvalue weighted by molar-refractivity contribution is 7.26. The Morgan fingerprint density at radius 1 is 0.560 bits per heavy atom. The van der Waals surface area contributed by atoms with E-state index in [0.29, 0.717) is 5.92 Å². The lowest BCUT2D eigenvalue weighted by atomic mass is 9.87. The SMILES string of the molecule is C1=CC(c2ccccc2)=CC(c2ccc(-c3ccnc(-n4c5ccccc5c5ccc(-c6cccc7c6sc6ccccc67)cc54)c3)cc2)C1. The zero-order valence-corrected chi connectivity index (χ0v) is 28.1. The van der Waals surface area contributed by atoms with Gasteiger partial charge < -0.3 is 0 Å². The van der Waals surface area contributed by atoms with E-state index >= 15 is 0 Å². The predicted molar refractivity (Wildman–Crippen MR) is 213 cm³/mol. The zero-order chi connectivity index (χ0) is 33.0. The summed E-state index contributed by atoms with van der Waals surface area (Å²) in [6, 6.07) is 55.2. The number of benzene rings is 6. The van der Waals surface area contributed by atoms with Crippen LogP contribution < -0.4 is 0 Å². The number of pyridine rings is 1. The van der Waals surface area contributed by atoms with Crippen LogP contribution >= 0.6 is 11.3 Å². The van der Waals surface area contributed by atoms with Crippen LogP contribution in [0.15, 0.2) is 176 Å². The van der Waals surface area contributed by atoms with Crippen molar-refractivity contribution in [3.8, 4) is 28.1 Å². The molecule has 1 atom stereocenters. The van der Waals surface area contributed by atoms with Gasteiger partial charge in [-0.15, -0.1) is 11.3 Å². The number of aromatic nitrogens is 2. The third-order valence-corrected chi connectivity index (χ3v) is 11.4. The molecule has 0 N–H and O–H groups in total. The number of rotatable bonds is 5. The zero-order valence-electron chi connectivity index (χ0n) is 27.3. The number of allylic oxidation sites excluding steroid dienone is 4. The molecular weight excluding hydrogens is 625 g/mol. The van der Waals surface area contributed by atoms with Crippen molar-refractivity contribution < 1.29 is 0 Å². The van der Waals surface area contributed by atoms with Crippen LogP contribution in [0.1, 0.15) is 23.5 Å². The smallest absolute Gasteiger partial charge is 0.138 e. The van der Waals surface area contributed by atoms with Crippen LogP contribution in [0, 0.1) is 0 Å². The Morgan fingerprint density at radius 2 is 1.32 bits per heavy atom. The molecule has 3 heterocycles. The van der Waals surface area contributed by atoms with Crippen molar-refractivity contribution in [3.63, 3.8) is 0 Å². The molecule has 0 amide bonds. The first kappa shape index (κ1) is 28.9. The van der Waals surface area contributed by atoms with Gasteiger partial charge in [-0.05, 0) is 75.7 Å². The van der Waals surface area contributed by atoms with Crippen LogP contribution in [0.2, 0.25) is 0 Å². The molecule has 1 aliphatic rings. The van der Waals surface area contributed by atoms with Crippen molar-refractivity contribution in [1.82, 2.24) is 9.55 Å². The number of hydrogen-bond donors (Lipinski definition) is 0. The van der Waals surface area contributed by atoms with Gasteiger partial charge in [-0.2, -0.15) is 0 Å². The maximum Gasteiger partial charge on any atom is 0.138 e. The summed E-state index contributed by atoms with van der Waals surface area (Å²) in [6.45, 7) is 0. The molecule has 1 unspecified atom stereocenters. The van der Waals surface area contributed by atoms with Crippen LogP contribution in [0.25, 0.3) is 75.6 Å². The van der Waals surface area contributed by atoms with Crippen molar-refractivity contribution in [2.24, 2.45) is 0 Å². The molecule has 3 aromatic heterocycles. The topological polar surface area (TPSA) is 17.8 Å². The molecule has 0 saturated carbocycles. The lowest BCUT2D eigenvalue weighted by Crippen LogP contribution is -2.00. The normalized spacial score (nSPS) is 14.6. The first-order valence-electron chi connectivity index (χ1n) is 17.2. The highest BCUT2D eigenvalue weighted by Gasteiger charge is 2.17. The summed E-state index contributed by atoms with van der Waals surface area (Å²) in [5, 5.41) is 5.10. The molecule has 1 aliphatic carbocycles. The molecule has 10 rings (SSSR count). The summed E-state index contributed by atoms with van der Waals surface area (Å²) in [5.41, 5.74) is 11.0. The maximum atomic E-state index is 4.97. The number of nitrogens with zero attached hydrogens (tertiary/aromatic N) is 2. The standard InChI is InChI=1S/C47H32N2S/c1-2-10-31(11-3-1)34-12-8-13-35(28-34)32-20-22-33(23-21-32)36-26-27-48-46(30-36)49-43-18-6-4-14-39(43)40-25-24-37(29-44(40)49)38-16-9-17-42-41-15-5-7-19-45(41)50-47(38)42/h1-12,14-30,35H,13H2. The van der Waals surface area contributed by atoms with Gasteiger partial charge in [0.1, 0.15) is 5.82 Å². The number of hydrogen-bond acceptors (Lipinski definition) is 2. The summed E-state index contributed by atoms with van der Waals surface area (Å²) < 4.78 is 4.99. The fourth-order valence-electron chi connectivity index (χ4n) is 7.74. The highest BCUT2D eigenvalue weighted by Crippen LogP contribution is 2.42. The Kier molecular flexibility index (Phi) is 6.85. The summed E-state index contributed by atoms with van der Waals surface area (Å²) in [6.07, 6.45) is 9.92. The van der Waals surface area contributed by atoms with E-state index in [2.05, 4.69) is 174 Å². The first-order valence-corrected chi connectivity index (χ1v) is 18.0. The van der Waals surface area contributed by atoms with Crippen molar-refractivity contribution in [1.29, 1.82) is 0 Å². The molecule has 236 valence electrons. The molecule has 0 spiro atoms. The van der Waals surface area contributed by atoms with Gasteiger partial charge in [-0.25, -0.2) is 4.98 Å². The first-order chi connectivity index (χ1) is 24.8. The summed E-state index contributed by atoms with van der Waals surface area (Å²) in [5.74, 6) is 1.28. The molecule has 0 saturated heterocycles. The van der Waals surface area contributed by atoms with E-state index in [4.69, 9.17) is 4.98 Å². The van der Waals surface area contributed by atoms with E-state index in [-0.39, 0.29) is 0 Å². The minimum absolute atomic E-state index is 0.363. The van der Waals surface area contributed by atoms with Crippen molar-refractivity contribution in [2.75, 3.05) is 0 Å². The van der Waals surface area contributed by atoms with Crippen LogP contribution in [0.4, 0.5) is 0 Å². The Morgan fingerprint density at radius 3 is 2.22 bits per heavy atom. The van der Waals surface area contributed by atoms with E-state index in [9.17, 15) is 0 Å². The number of fused-ring (bicyclic) bond motifs is 6. The lowest BCUT2D eigenvalue weighted by Gasteiger charge is -2.18. The second kappa shape index (κ2) is 11.8. The van der Waals surface area contributed by atoms with Gasteiger partial charge in [0.15, 0.2) is 0 Å². The van der Waals surface area contributed by atoms with Crippen molar-refractivity contribution in [2.45, 2.75) is 12.3 Å². The average Bonchev–Trinajstić information content (AvgIpc) is 3.74. The van der Waals surface area contributed by atoms with Gasteiger partial charge in [0.2, 0.25) is 0 Å². The average molecular weight is 657 g/mol. The Bertz CT molecular complexity index is 2780. The van der Waals surface area contributed by atoms with Crippen molar-refractivity contribution in [3.05, 3.63) is 187 Å². The summed E-state index contributed by atoms with van der Waals surface area (Å²) in [7, 11) is 0. The highest BCUT2D eigenvalue weighted by atomic mass is 32.1. The maximum absolute atomic E-state index is 4.97. The molecule has 0 bridgehead atoms. The second-order valence-electron chi connectivity index (χ2n) is 13.1. The summed E-state index contributed by atoms with van der Waals surface area (Å²) >= 11 is 1.88. The Balaban J connectivity index is 1.05. The van der Waals surface area contributed by atoms with Crippen LogP contribution in [0.5, 0.6) is 0 Å². The number of para-hydroxylation sites is 1. The van der Waals surface area contributed by atoms with Gasteiger partial charge in [-0.3, -0.25) is 4.57 Å². The monoisotopic (exact) mass is 656 g/mol. The minimum Gasteiger partial charge on any atom is -0.294 e. The molecule has 9 aromatic rings. The molecule has 0 fully saturated rings. The minimum atomic E-state index is 0.363. The third kappa shape index (κ3) is 4.81. The molecular formula is C47H32N2S. The van der Waals surface area contributed by atoms with E-state index in [0.717, 1.165) is 28.8 Å². The third-order valence-electron chi connectivity index (χ3n) is 10.2. The number of thiophene rings is 1. The fraction of sp³-hybridized carbons (Fsp3) is 0.0426. The van der Waals surface area contributed by atoms with Gasteiger partial charge in [0.25, 0.3) is 0 Å². The largest absolute Gasteiger partial charge is 0.294 e. The molecule has 2 nitrogen and oxygen atoms in total. The van der Waals surface area contributed by atoms with E-state index in [1.165, 1.54) is 64.3 Å². The van der Waals surface area contributed by atoms with Crippen LogP contribution in [0.3, 0.4) is 0 Å². The second-order valence-corrected chi connectivity index (χ2v) is 14.2. The molecule has 3 heteroatoms. The lowest BCUT2D eigenvalue weighted by molar-refractivity contribution is 0.857. The van der Waals surface area contributed by atoms with Gasteiger partial charge in [0, 0.05) is 43.1 Å². The van der Waals surface area contributed by atoms with Gasteiger partial charge in [0.05, 0.1) is 11.0 Å². The van der Waals surface area contributed by atoms with Crippen LogP contribution in [-0.4, -0.2) is 9.55 Å². The fourth-order valence-corrected chi connectivity index (χ4v) is 8.98. The molecule has 0 aliphatic heterocycles.